The van der Waals surface area contributed by atoms with Crippen LogP contribution >= 0.6 is 0 Å². The molecule has 0 amide bonds. The summed E-state index contributed by atoms with van der Waals surface area (Å²) in [6.45, 7) is 11.6. The first-order valence-corrected chi connectivity index (χ1v) is 9.49. The second kappa shape index (κ2) is 5.13. The molecule has 0 radical (unpaired) electrons. The highest BCUT2D eigenvalue weighted by atomic mass is 28.3. The molecule has 0 bridgehead atoms. The number of nitro groups is 1. The summed E-state index contributed by atoms with van der Waals surface area (Å²) >= 11 is 0. The maximum atomic E-state index is 10.7. The van der Waals surface area contributed by atoms with Gasteiger partial charge >= 0.3 is 0 Å². The van der Waals surface area contributed by atoms with Crippen molar-refractivity contribution in [2.75, 3.05) is 0 Å². The van der Waals surface area contributed by atoms with E-state index in [1.807, 2.05) is 0 Å². The van der Waals surface area contributed by atoms with E-state index in [-0.39, 0.29) is 5.69 Å². The average molecular weight is 277 g/mol. The van der Waals surface area contributed by atoms with Gasteiger partial charge in [-0.25, -0.2) is 0 Å². The largest absolute Gasteiger partial charge is 0.381 e. The van der Waals surface area contributed by atoms with Gasteiger partial charge in [0.05, 0.1) is 13.0 Å². The van der Waals surface area contributed by atoms with Crippen molar-refractivity contribution in [2.45, 2.75) is 32.2 Å². The van der Waals surface area contributed by atoms with Crippen molar-refractivity contribution >= 4 is 13.8 Å². The molecule has 102 valence electrons. The Hall–Kier alpha value is -1.68. The number of aliphatic hydroxyl groups is 1. The molecule has 1 aromatic rings. The highest BCUT2D eigenvalue weighted by molar-refractivity contribution is 6.83. The normalized spacial score (nSPS) is 14.4. The SMILES string of the molecule is C=C=C([C@](C)(O)c1ccc([N+](=O)[O-])cc1)[Si](C)(C)C. The number of benzene rings is 1. The second-order valence-electron chi connectivity index (χ2n) is 5.68. The molecular formula is C14H19NO3Si. The minimum Gasteiger partial charge on any atom is -0.381 e. The lowest BCUT2D eigenvalue weighted by atomic mass is 9.95. The highest BCUT2D eigenvalue weighted by Gasteiger charge is 2.36. The molecule has 19 heavy (non-hydrogen) atoms. The lowest BCUT2D eigenvalue weighted by Crippen LogP contribution is -2.38. The minimum atomic E-state index is -1.78. The summed E-state index contributed by atoms with van der Waals surface area (Å²) in [6, 6.07) is 5.95. The van der Waals surface area contributed by atoms with Gasteiger partial charge in [0.1, 0.15) is 5.60 Å². The smallest absolute Gasteiger partial charge is 0.269 e. The fourth-order valence-electron chi connectivity index (χ4n) is 2.22. The predicted octanol–water partition coefficient (Wildman–Crippen LogP) is 3.39. The Balaban J connectivity index is 3.27. The van der Waals surface area contributed by atoms with Gasteiger partial charge in [-0.2, -0.15) is 0 Å². The maximum absolute atomic E-state index is 10.7. The van der Waals surface area contributed by atoms with Crippen LogP contribution in [-0.4, -0.2) is 18.1 Å². The molecule has 1 N–H and O–H groups in total. The number of nitro benzene ring substituents is 1. The first kappa shape index (κ1) is 15.4. The van der Waals surface area contributed by atoms with Crippen LogP contribution in [0.5, 0.6) is 0 Å². The van der Waals surface area contributed by atoms with Crippen LogP contribution in [0, 0.1) is 10.1 Å². The van der Waals surface area contributed by atoms with E-state index in [0.717, 1.165) is 5.20 Å². The van der Waals surface area contributed by atoms with Gasteiger partial charge in [0.15, 0.2) is 0 Å². The Morgan fingerprint density at radius 3 is 2.16 bits per heavy atom. The van der Waals surface area contributed by atoms with Crippen LogP contribution in [0.3, 0.4) is 0 Å². The molecule has 0 heterocycles. The van der Waals surface area contributed by atoms with Crippen LogP contribution < -0.4 is 0 Å². The van der Waals surface area contributed by atoms with E-state index < -0.39 is 18.6 Å². The number of nitrogens with zero attached hydrogens (tertiary/aromatic N) is 1. The van der Waals surface area contributed by atoms with Gasteiger partial charge in [0.25, 0.3) is 5.69 Å². The highest BCUT2D eigenvalue weighted by Crippen LogP contribution is 2.34. The molecule has 0 aliphatic carbocycles. The third-order valence-electron chi connectivity index (χ3n) is 3.05. The number of hydrogen-bond donors (Lipinski definition) is 1. The average Bonchev–Trinajstić information content (AvgIpc) is 2.27. The van der Waals surface area contributed by atoms with Crippen LogP contribution in [0.4, 0.5) is 5.69 Å². The predicted molar refractivity (Wildman–Crippen MR) is 78.7 cm³/mol. The molecule has 0 saturated carbocycles. The molecule has 0 aromatic heterocycles. The number of non-ortho nitro benzene ring substituents is 1. The molecular weight excluding hydrogens is 258 g/mol. The van der Waals surface area contributed by atoms with E-state index in [9.17, 15) is 15.2 Å². The molecule has 1 rings (SSSR count). The van der Waals surface area contributed by atoms with Gasteiger partial charge in [-0.05, 0) is 29.8 Å². The van der Waals surface area contributed by atoms with Gasteiger partial charge in [0, 0.05) is 12.1 Å². The lowest BCUT2D eigenvalue weighted by molar-refractivity contribution is -0.384. The third-order valence-corrected chi connectivity index (χ3v) is 5.22. The van der Waals surface area contributed by atoms with Crippen molar-refractivity contribution in [1.29, 1.82) is 0 Å². The Kier molecular flexibility index (Phi) is 4.15. The van der Waals surface area contributed by atoms with Gasteiger partial charge in [-0.3, -0.25) is 10.1 Å². The summed E-state index contributed by atoms with van der Waals surface area (Å²) in [5.41, 5.74) is 2.30. The quantitative estimate of drug-likeness (QED) is 0.397. The first-order valence-electron chi connectivity index (χ1n) is 5.99. The van der Waals surface area contributed by atoms with Gasteiger partial charge in [0.2, 0.25) is 0 Å². The lowest BCUT2D eigenvalue weighted by Gasteiger charge is -2.33. The van der Waals surface area contributed by atoms with Crippen molar-refractivity contribution < 1.29 is 10.0 Å². The zero-order chi connectivity index (χ0) is 14.8. The van der Waals surface area contributed by atoms with Crippen LogP contribution in [0.1, 0.15) is 12.5 Å². The molecule has 1 atom stereocenters. The molecule has 0 aliphatic heterocycles. The number of rotatable bonds is 4. The molecule has 0 saturated heterocycles. The second-order valence-corrected chi connectivity index (χ2v) is 10.7. The van der Waals surface area contributed by atoms with E-state index in [0.29, 0.717) is 5.56 Å². The van der Waals surface area contributed by atoms with Crippen LogP contribution in [0.15, 0.2) is 41.8 Å². The Morgan fingerprint density at radius 2 is 1.84 bits per heavy atom. The first-order chi connectivity index (χ1) is 8.60. The maximum Gasteiger partial charge on any atom is 0.269 e. The Labute approximate surface area is 114 Å². The molecule has 0 unspecified atom stereocenters. The molecule has 5 heteroatoms. The summed E-state index contributed by atoms with van der Waals surface area (Å²) in [7, 11) is -1.78. The summed E-state index contributed by atoms with van der Waals surface area (Å²) in [6.07, 6.45) is 0. The zero-order valence-corrected chi connectivity index (χ0v) is 12.7. The van der Waals surface area contributed by atoms with E-state index in [1.165, 1.54) is 12.1 Å². The molecule has 0 spiro atoms. The van der Waals surface area contributed by atoms with Crippen molar-refractivity contribution in [3.05, 3.63) is 57.4 Å². The Bertz CT molecular complexity index is 535. The van der Waals surface area contributed by atoms with E-state index in [2.05, 4.69) is 32.0 Å². The summed E-state index contributed by atoms with van der Waals surface area (Å²) in [5, 5.41) is 22.2. The fraction of sp³-hybridized carbons (Fsp3) is 0.357. The zero-order valence-electron chi connectivity index (χ0n) is 11.7. The summed E-state index contributed by atoms with van der Waals surface area (Å²) in [5.74, 6) is 0. The van der Waals surface area contributed by atoms with Crippen molar-refractivity contribution in [3.8, 4) is 0 Å². The van der Waals surface area contributed by atoms with Crippen LogP contribution in [0.2, 0.25) is 19.6 Å². The van der Waals surface area contributed by atoms with Crippen LogP contribution in [-0.2, 0) is 5.60 Å². The third kappa shape index (κ3) is 3.20. The van der Waals surface area contributed by atoms with Crippen molar-refractivity contribution in [3.63, 3.8) is 0 Å². The van der Waals surface area contributed by atoms with Gasteiger partial charge in [-0.15, -0.1) is 5.73 Å². The van der Waals surface area contributed by atoms with E-state index in [4.69, 9.17) is 0 Å². The van der Waals surface area contributed by atoms with Crippen molar-refractivity contribution in [1.82, 2.24) is 0 Å². The van der Waals surface area contributed by atoms with E-state index >= 15 is 0 Å². The standard InChI is InChI=1S/C14H19NO3Si/c1-6-13(19(3,4)5)14(2,16)11-7-9-12(10-8-11)15(17)18/h7-10,16H,1H2,2-5H3/t14-/m1/s1. The van der Waals surface area contributed by atoms with Gasteiger partial charge < -0.3 is 5.11 Å². The van der Waals surface area contributed by atoms with E-state index in [1.54, 1.807) is 19.1 Å². The molecule has 0 aliphatic rings. The summed E-state index contributed by atoms with van der Waals surface area (Å²) < 4.78 is 0. The number of hydrogen-bond acceptors (Lipinski definition) is 3. The Morgan fingerprint density at radius 1 is 1.37 bits per heavy atom. The monoisotopic (exact) mass is 277 g/mol. The van der Waals surface area contributed by atoms with Crippen molar-refractivity contribution in [2.24, 2.45) is 0 Å². The molecule has 1 aromatic carbocycles. The fourth-order valence-corrected chi connectivity index (χ4v) is 4.35. The molecule has 4 nitrogen and oxygen atoms in total. The minimum absolute atomic E-state index is 0.0108. The van der Waals surface area contributed by atoms with Gasteiger partial charge in [-0.1, -0.05) is 26.2 Å². The van der Waals surface area contributed by atoms with Crippen LogP contribution in [0.25, 0.3) is 0 Å². The topological polar surface area (TPSA) is 63.4 Å². The summed E-state index contributed by atoms with van der Waals surface area (Å²) in [4.78, 5) is 10.2. The molecule has 0 fully saturated rings.